The molecule has 1 aromatic heterocycles. The molecule has 0 aliphatic rings. The Balaban J connectivity index is 2.03. The maximum absolute atomic E-state index is 12.4. The number of thiazole rings is 1. The molecular weight excluding hydrogens is 310 g/mol. The highest BCUT2D eigenvalue weighted by atomic mass is 32.1. The zero-order chi connectivity index (χ0) is 17.0. The van der Waals surface area contributed by atoms with Gasteiger partial charge in [0.05, 0.1) is 21.3 Å². The van der Waals surface area contributed by atoms with E-state index in [2.05, 4.69) is 10.1 Å². The van der Waals surface area contributed by atoms with Crippen LogP contribution in [-0.2, 0) is 9.63 Å². The van der Waals surface area contributed by atoms with Crippen molar-refractivity contribution in [3.63, 3.8) is 0 Å². The molecule has 1 heterocycles. The fourth-order valence-electron chi connectivity index (χ4n) is 2.16. The van der Waals surface area contributed by atoms with E-state index in [1.165, 1.54) is 0 Å². The van der Waals surface area contributed by atoms with Crippen LogP contribution in [0.3, 0.4) is 0 Å². The molecule has 1 aromatic carbocycles. The monoisotopic (exact) mass is 331 g/mol. The summed E-state index contributed by atoms with van der Waals surface area (Å²) in [7, 11) is 1.73. The van der Waals surface area contributed by atoms with Gasteiger partial charge in [0.25, 0.3) is 5.91 Å². The molecule has 2 rings (SSSR count). The summed E-state index contributed by atoms with van der Waals surface area (Å²) < 4.78 is 0. The van der Waals surface area contributed by atoms with Crippen LogP contribution in [0.4, 0.5) is 5.69 Å². The maximum atomic E-state index is 12.4. The summed E-state index contributed by atoms with van der Waals surface area (Å²) in [5, 5.41) is 5.09. The van der Waals surface area contributed by atoms with Crippen LogP contribution < -0.4 is 4.90 Å². The van der Waals surface area contributed by atoms with Gasteiger partial charge in [-0.3, -0.25) is 4.79 Å². The Morgan fingerprint density at radius 1 is 1.30 bits per heavy atom. The molecule has 5 nitrogen and oxygen atoms in total. The first-order valence-electron chi connectivity index (χ1n) is 7.37. The van der Waals surface area contributed by atoms with Crippen molar-refractivity contribution in [3.05, 3.63) is 45.9 Å². The highest BCUT2D eigenvalue weighted by Crippen LogP contribution is 2.18. The minimum atomic E-state index is -0.663. The van der Waals surface area contributed by atoms with E-state index >= 15 is 0 Å². The van der Waals surface area contributed by atoms with E-state index in [1.807, 2.05) is 51.1 Å². The SMILES string of the molecule is C/C(=N\OC(C)C(=O)N(C)c1ccccc1)c1sc(C)nc1C. The fraction of sp³-hybridized carbons (Fsp3) is 0.353. The molecule has 0 N–H and O–H groups in total. The molecule has 1 amide bonds. The highest BCUT2D eigenvalue weighted by Gasteiger charge is 2.20. The molecule has 6 heteroatoms. The van der Waals surface area contributed by atoms with Crippen LogP contribution in [-0.4, -0.2) is 29.8 Å². The van der Waals surface area contributed by atoms with E-state index < -0.39 is 6.10 Å². The van der Waals surface area contributed by atoms with Crippen LogP contribution in [0.2, 0.25) is 0 Å². The zero-order valence-electron chi connectivity index (χ0n) is 14.0. The number of benzene rings is 1. The first-order valence-corrected chi connectivity index (χ1v) is 8.19. The molecular formula is C17H21N3O2S. The summed E-state index contributed by atoms with van der Waals surface area (Å²) in [5.41, 5.74) is 2.48. The minimum Gasteiger partial charge on any atom is -0.382 e. The van der Waals surface area contributed by atoms with Crippen LogP contribution in [0.25, 0.3) is 0 Å². The molecule has 0 spiro atoms. The van der Waals surface area contributed by atoms with Crippen molar-refractivity contribution in [3.8, 4) is 0 Å². The Kier molecular flexibility index (Phi) is 5.50. The number of hydrogen-bond acceptors (Lipinski definition) is 5. The molecule has 0 saturated carbocycles. The van der Waals surface area contributed by atoms with Gasteiger partial charge in [0.2, 0.25) is 6.10 Å². The van der Waals surface area contributed by atoms with E-state index in [-0.39, 0.29) is 5.91 Å². The summed E-state index contributed by atoms with van der Waals surface area (Å²) in [5.74, 6) is -0.148. The third kappa shape index (κ3) is 4.16. The number of anilines is 1. The third-order valence-electron chi connectivity index (χ3n) is 3.40. The normalized spacial score (nSPS) is 12.8. The Morgan fingerprint density at radius 3 is 2.52 bits per heavy atom. The Bertz CT molecular complexity index is 710. The predicted molar refractivity (Wildman–Crippen MR) is 94.2 cm³/mol. The van der Waals surface area contributed by atoms with Crippen molar-refractivity contribution in [1.29, 1.82) is 0 Å². The van der Waals surface area contributed by atoms with Crippen LogP contribution in [0.15, 0.2) is 35.5 Å². The van der Waals surface area contributed by atoms with Gasteiger partial charge >= 0.3 is 0 Å². The van der Waals surface area contributed by atoms with E-state index in [4.69, 9.17) is 4.84 Å². The average molecular weight is 331 g/mol. The van der Waals surface area contributed by atoms with E-state index in [0.29, 0.717) is 0 Å². The number of aromatic nitrogens is 1. The molecule has 2 aromatic rings. The third-order valence-corrected chi connectivity index (χ3v) is 4.58. The van der Waals surface area contributed by atoms with E-state index in [1.54, 1.807) is 30.2 Å². The van der Waals surface area contributed by atoms with Crippen molar-refractivity contribution in [2.75, 3.05) is 11.9 Å². The second-order valence-electron chi connectivity index (χ2n) is 5.30. The van der Waals surface area contributed by atoms with Crippen molar-refractivity contribution in [1.82, 2.24) is 4.98 Å². The summed E-state index contributed by atoms with van der Waals surface area (Å²) >= 11 is 1.57. The topological polar surface area (TPSA) is 54.8 Å². The van der Waals surface area contributed by atoms with Gasteiger partial charge < -0.3 is 9.74 Å². The van der Waals surface area contributed by atoms with Crippen LogP contribution in [0, 0.1) is 13.8 Å². The lowest BCUT2D eigenvalue weighted by Gasteiger charge is -2.20. The maximum Gasteiger partial charge on any atom is 0.270 e. The lowest BCUT2D eigenvalue weighted by molar-refractivity contribution is -0.128. The minimum absolute atomic E-state index is 0.148. The molecule has 0 bridgehead atoms. The molecule has 0 aliphatic carbocycles. The van der Waals surface area contributed by atoms with Gasteiger partial charge in [0.1, 0.15) is 0 Å². The Morgan fingerprint density at radius 2 is 1.96 bits per heavy atom. The van der Waals surface area contributed by atoms with Crippen molar-refractivity contribution < 1.29 is 9.63 Å². The van der Waals surface area contributed by atoms with Gasteiger partial charge in [-0.15, -0.1) is 11.3 Å². The number of carbonyl (C=O) groups is 1. The Labute approximate surface area is 140 Å². The number of nitrogens with zero attached hydrogens (tertiary/aromatic N) is 3. The van der Waals surface area contributed by atoms with Crippen molar-refractivity contribution in [2.24, 2.45) is 5.16 Å². The van der Waals surface area contributed by atoms with Crippen LogP contribution in [0.5, 0.6) is 0 Å². The van der Waals surface area contributed by atoms with Gasteiger partial charge in [-0.1, -0.05) is 23.4 Å². The van der Waals surface area contributed by atoms with Crippen molar-refractivity contribution in [2.45, 2.75) is 33.8 Å². The largest absolute Gasteiger partial charge is 0.382 e. The first-order chi connectivity index (χ1) is 10.9. The molecule has 1 unspecified atom stereocenters. The predicted octanol–water partition coefficient (Wildman–Crippen LogP) is 3.55. The average Bonchev–Trinajstić information content (AvgIpc) is 2.90. The number of rotatable bonds is 5. The summed E-state index contributed by atoms with van der Waals surface area (Å²) in [6.07, 6.45) is -0.663. The molecule has 23 heavy (non-hydrogen) atoms. The molecule has 0 saturated heterocycles. The second kappa shape index (κ2) is 7.37. The number of oxime groups is 1. The Hall–Kier alpha value is -2.21. The van der Waals surface area contributed by atoms with E-state index in [0.717, 1.165) is 27.0 Å². The number of amides is 1. The summed E-state index contributed by atoms with van der Waals surface area (Å²) in [4.78, 5) is 24.7. The summed E-state index contributed by atoms with van der Waals surface area (Å²) in [6, 6.07) is 9.45. The fourth-order valence-corrected chi connectivity index (χ4v) is 3.02. The molecule has 122 valence electrons. The first kappa shape index (κ1) is 17.1. The molecule has 0 fully saturated rings. The summed E-state index contributed by atoms with van der Waals surface area (Å²) in [6.45, 7) is 7.45. The lowest BCUT2D eigenvalue weighted by atomic mass is 10.2. The van der Waals surface area contributed by atoms with Crippen molar-refractivity contribution >= 4 is 28.6 Å². The lowest BCUT2D eigenvalue weighted by Crippen LogP contribution is -2.35. The number of likely N-dealkylation sites (N-methyl/N-ethyl adjacent to an activating group) is 1. The molecule has 0 radical (unpaired) electrons. The highest BCUT2D eigenvalue weighted by molar-refractivity contribution is 7.13. The van der Waals surface area contributed by atoms with Gasteiger partial charge in [0.15, 0.2) is 0 Å². The number of aryl methyl sites for hydroxylation is 2. The van der Waals surface area contributed by atoms with Gasteiger partial charge in [-0.05, 0) is 39.8 Å². The number of hydrogen-bond donors (Lipinski definition) is 0. The van der Waals surface area contributed by atoms with Gasteiger partial charge in [0, 0.05) is 12.7 Å². The number of carbonyl (C=O) groups excluding carboxylic acids is 1. The second-order valence-corrected chi connectivity index (χ2v) is 6.51. The molecule has 0 aliphatic heterocycles. The number of para-hydroxylation sites is 1. The van der Waals surface area contributed by atoms with Gasteiger partial charge in [-0.2, -0.15) is 0 Å². The smallest absolute Gasteiger partial charge is 0.270 e. The van der Waals surface area contributed by atoms with Crippen LogP contribution >= 0.6 is 11.3 Å². The van der Waals surface area contributed by atoms with E-state index in [9.17, 15) is 4.79 Å². The van der Waals surface area contributed by atoms with Crippen LogP contribution in [0.1, 0.15) is 29.4 Å². The quantitative estimate of drug-likeness (QED) is 0.622. The van der Waals surface area contributed by atoms with Gasteiger partial charge in [-0.25, -0.2) is 4.98 Å². The molecule has 1 atom stereocenters. The zero-order valence-corrected chi connectivity index (χ0v) is 14.8. The standard InChI is InChI=1S/C17H21N3O2S/c1-11-16(23-14(4)18-11)12(2)19-22-13(3)17(21)20(5)15-9-7-6-8-10-15/h6-10,13H,1-5H3/b19-12+.